The summed E-state index contributed by atoms with van der Waals surface area (Å²) in [6.45, 7) is 0. The van der Waals surface area contributed by atoms with E-state index in [1.165, 1.54) is 6.42 Å². The average Bonchev–Trinajstić information content (AvgIpc) is 3.24. The summed E-state index contributed by atoms with van der Waals surface area (Å²) in [5.74, 6) is 0.678. The summed E-state index contributed by atoms with van der Waals surface area (Å²) < 4.78 is 5.65. The first-order valence-electron chi connectivity index (χ1n) is 7.47. The van der Waals surface area contributed by atoms with Gasteiger partial charge in [-0.2, -0.15) is 0 Å². The summed E-state index contributed by atoms with van der Waals surface area (Å²) in [6.07, 6.45) is 6.58. The Kier molecular flexibility index (Phi) is 3.39. The molecule has 0 aliphatic carbocycles. The molecule has 2 aromatic rings. The lowest BCUT2D eigenvalue weighted by Gasteiger charge is -2.20. The number of pyridine rings is 1. The zero-order valence-electron chi connectivity index (χ0n) is 11.9. The van der Waals surface area contributed by atoms with E-state index < -0.39 is 0 Å². The molecule has 5 nitrogen and oxygen atoms in total. The van der Waals surface area contributed by atoms with Crippen molar-refractivity contribution in [1.82, 2.24) is 15.6 Å². The van der Waals surface area contributed by atoms with E-state index in [-0.39, 0.29) is 11.9 Å². The van der Waals surface area contributed by atoms with E-state index in [9.17, 15) is 4.79 Å². The van der Waals surface area contributed by atoms with Gasteiger partial charge in [0.1, 0.15) is 5.76 Å². The number of aromatic nitrogens is 1. The first-order chi connectivity index (χ1) is 10.7. The van der Waals surface area contributed by atoms with Crippen LogP contribution in [0.3, 0.4) is 0 Å². The molecular formula is C16H16ClN3O2. The zero-order valence-corrected chi connectivity index (χ0v) is 12.6. The first kappa shape index (κ1) is 13.8. The number of nitrogens with zero attached hydrogens (tertiary/aromatic N) is 1. The lowest BCUT2D eigenvalue weighted by molar-refractivity contribution is 0.0903. The van der Waals surface area contributed by atoms with E-state index in [0.29, 0.717) is 34.2 Å². The molecule has 0 unspecified atom stereocenters. The fraction of sp³-hybridized carbons (Fsp3) is 0.375. The molecule has 2 N–H and O–H groups in total. The van der Waals surface area contributed by atoms with Crippen molar-refractivity contribution in [2.45, 2.75) is 37.4 Å². The lowest BCUT2D eigenvalue weighted by atomic mass is 9.95. The minimum absolute atomic E-state index is 0.175. The van der Waals surface area contributed by atoms with Crippen LogP contribution < -0.4 is 10.6 Å². The highest BCUT2D eigenvalue weighted by atomic mass is 35.5. The molecule has 2 aliphatic rings. The second-order valence-electron chi connectivity index (χ2n) is 5.88. The number of halogens is 1. The fourth-order valence-corrected chi connectivity index (χ4v) is 3.58. The van der Waals surface area contributed by atoms with Crippen molar-refractivity contribution in [2.24, 2.45) is 0 Å². The minimum Gasteiger partial charge on any atom is -0.451 e. The predicted octanol–water partition coefficient (Wildman–Crippen LogP) is 2.62. The average molecular weight is 318 g/mol. The molecule has 0 aromatic carbocycles. The van der Waals surface area contributed by atoms with Crippen LogP contribution in [0.1, 0.15) is 29.8 Å². The molecule has 4 heterocycles. The molecule has 2 bridgehead atoms. The standard InChI is InChI=1S/C16H16ClN3O2/c17-11-5-6-18-8-10(11)14-3-4-15(22-14)16(21)20-13-7-9-1-2-12(13)19-9/h3-6,8-9,12-13,19H,1-2,7H2,(H,20,21)/t9-,12+,13-/m1/s1. The van der Waals surface area contributed by atoms with Crippen LogP contribution in [0, 0.1) is 0 Å². The van der Waals surface area contributed by atoms with Crippen LogP contribution in [-0.4, -0.2) is 29.0 Å². The van der Waals surface area contributed by atoms with Gasteiger partial charge in [-0.3, -0.25) is 9.78 Å². The smallest absolute Gasteiger partial charge is 0.287 e. The number of nitrogens with one attached hydrogen (secondary N) is 2. The highest BCUT2D eigenvalue weighted by Gasteiger charge is 2.39. The van der Waals surface area contributed by atoms with Gasteiger partial charge in [0.05, 0.1) is 10.6 Å². The second kappa shape index (κ2) is 5.41. The Morgan fingerprint density at radius 2 is 2.27 bits per heavy atom. The maximum Gasteiger partial charge on any atom is 0.287 e. The van der Waals surface area contributed by atoms with Gasteiger partial charge in [0.15, 0.2) is 5.76 Å². The van der Waals surface area contributed by atoms with Gasteiger partial charge in [-0.05, 0) is 37.5 Å². The van der Waals surface area contributed by atoms with Gasteiger partial charge >= 0.3 is 0 Å². The molecule has 0 spiro atoms. The third-order valence-corrected chi connectivity index (χ3v) is 4.81. The lowest BCUT2D eigenvalue weighted by Crippen LogP contribution is -2.42. The van der Waals surface area contributed by atoms with Gasteiger partial charge in [0.2, 0.25) is 0 Å². The summed E-state index contributed by atoms with van der Waals surface area (Å²) in [5, 5.41) is 7.11. The van der Waals surface area contributed by atoms with Gasteiger partial charge in [-0.25, -0.2) is 0 Å². The van der Waals surface area contributed by atoms with Crippen molar-refractivity contribution >= 4 is 17.5 Å². The number of hydrogen-bond donors (Lipinski definition) is 2. The predicted molar refractivity (Wildman–Crippen MR) is 82.8 cm³/mol. The maximum atomic E-state index is 12.3. The Morgan fingerprint density at radius 3 is 3.00 bits per heavy atom. The molecule has 2 aliphatic heterocycles. The van der Waals surface area contributed by atoms with Crippen LogP contribution in [0.15, 0.2) is 35.0 Å². The van der Waals surface area contributed by atoms with Crippen LogP contribution in [0.5, 0.6) is 0 Å². The quantitative estimate of drug-likeness (QED) is 0.913. The van der Waals surface area contributed by atoms with E-state index in [1.54, 1.807) is 30.6 Å². The number of fused-ring (bicyclic) bond motifs is 2. The van der Waals surface area contributed by atoms with Crippen molar-refractivity contribution in [3.63, 3.8) is 0 Å². The number of carbonyl (C=O) groups excluding carboxylic acids is 1. The van der Waals surface area contributed by atoms with Crippen molar-refractivity contribution < 1.29 is 9.21 Å². The largest absolute Gasteiger partial charge is 0.451 e. The number of amides is 1. The van der Waals surface area contributed by atoms with Crippen LogP contribution in [0.2, 0.25) is 5.02 Å². The van der Waals surface area contributed by atoms with Crippen molar-refractivity contribution in [3.05, 3.63) is 41.4 Å². The molecule has 6 heteroatoms. The Morgan fingerprint density at radius 1 is 1.36 bits per heavy atom. The van der Waals surface area contributed by atoms with E-state index in [0.717, 1.165) is 12.8 Å². The molecule has 114 valence electrons. The Balaban J connectivity index is 1.49. The molecular weight excluding hydrogens is 302 g/mol. The summed E-state index contributed by atoms with van der Waals surface area (Å²) in [7, 11) is 0. The van der Waals surface area contributed by atoms with Gasteiger partial charge in [0.25, 0.3) is 5.91 Å². The monoisotopic (exact) mass is 317 g/mol. The number of furan rings is 1. The van der Waals surface area contributed by atoms with Crippen molar-refractivity contribution in [3.8, 4) is 11.3 Å². The highest BCUT2D eigenvalue weighted by molar-refractivity contribution is 6.33. The fourth-order valence-electron chi connectivity index (χ4n) is 3.39. The Bertz CT molecular complexity index is 715. The summed E-state index contributed by atoms with van der Waals surface area (Å²) in [4.78, 5) is 16.4. The molecule has 1 amide bonds. The van der Waals surface area contributed by atoms with Gasteiger partial charge < -0.3 is 15.1 Å². The summed E-state index contributed by atoms with van der Waals surface area (Å²) >= 11 is 6.12. The minimum atomic E-state index is -0.175. The Hall–Kier alpha value is -1.85. The van der Waals surface area contributed by atoms with Gasteiger partial charge in [-0.1, -0.05) is 11.6 Å². The molecule has 0 radical (unpaired) electrons. The number of rotatable bonds is 3. The van der Waals surface area contributed by atoms with Gasteiger partial charge in [-0.15, -0.1) is 0 Å². The van der Waals surface area contributed by atoms with E-state index >= 15 is 0 Å². The summed E-state index contributed by atoms with van der Waals surface area (Å²) in [5.41, 5.74) is 0.685. The zero-order chi connectivity index (χ0) is 15.1. The molecule has 4 rings (SSSR count). The third-order valence-electron chi connectivity index (χ3n) is 4.48. The van der Waals surface area contributed by atoms with Crippen molar-refractivity contribution in [2.75, 3.05) is 0 Å². The van der Waals surface area contributed by atoms with Crippen LogP contribution in [-0.2, 0) is 0 Å². The van der Waals surface area contributed by atoms with Crippen LogP contribution in [0.4, 0.5) is 0 Å². The topological polar surface area (TPSA) is 67.2 Å². The van der Waals surface area contributed by atoms with Crippen LogP contribution in [0.25, 0.3) is 11.3 Å². The molecule has 2 saturated heterocycles. The van der Waals surface area contributed by atoms with E-state index in [4.69, 9.17) is 16.0 Å². The van der Waals surface area contributed by atoms with Crippen molar-refractivity contribution in [1.29, 1.82) is 0 Å². The molecule has 0 saturated carbocycles. The molecule has 2 fully saturated rings. The van der Waals surface area contributed by atoms with Gasteiger partial charge in [0, 0.05) is 30.5 Å². The molecule has 22 heavy (non-hydrogen) atoms. The highest BCUT2D eigenvalue weighted by Crippen LogP contribution is 2.30. The van der Waals surface area contributed by atoms with E-state index in [2.05, 4.69) is 15.6 Å². The van der Waals surface area contributed by atoms with Crippen LogP contribution >= 0.6 is 11.6 Å². The molecule has 2 aromatic heterocycles. The SMILES string of the molecule is O=C(N[C@@H]1C[C@H]2CC[C@@H]1N2)c1ccc(-c2cnccc2Cl)o1. The number of hydrogen-bond acceptors (Lipinski definition) is 4. The number of carbonyl (C=O) groups is 1. The normalized spacial score (nSPS) is 26.3. The molecule has 3 atom stereocenters. The summed E-state index contributed by atoms with van der Waals surface area (Å²) in [6, 6.07) is 6.26. The second-order valence-corrected chi connectivity index (χ2v) is 6.29. The first-order valence-corrected chi connectivity index (χ1v) is 7.85. The Labute approximate surface area is 133 Å². The maximum absolute atomic E-state index is 12.3. The van der Waals surface area contributed by atoms with E-state index in [1.807, 2.05) is 0 Å². The third kappa shape index (κ3) is 2.40.